The molecule has 168 valence electrons. The van der Waals surface area contributed by atoms with Gasteiger partial charge in [0.2, 0.25) is 0 Å². The van der Waals surface area contributed by atoms with Crippen LogP contribution in [0, 0.1) is 10.1 Å². The number of hydrogen-bond donors (Lipinski definition) is 2. The molecule has 1 fully saturated rings. The number of ketones is 1. The van der Waals surface area contributed by atoms with Gasteiger partial charge < -0.3 is 24.7 Å². The lowest BCUT2D eigenvalue weighted by atomic mass is 9.94. The van der Waals surface area contributed by atoms with Crippen molar-refractivity contribution in [1.82, 2.24) is 9.80 Å². The molecule has 1 saturated heterocycles. The zero-order valence-corrected chi connectivity index (χ0v) is 17.8. The van der Waals surface area contributed by atoms with Crippen LogP contribution in [-0.4, -0.2) is 70.9 Å². The Bertz CT molecular complexity index is 1110. The number of likely N-dealkylation sites (tertiary alicyclic amines) is 1. The number of aliphatic hydroxyl groups is 1. The van der Waals surface area contributed by atoms with Gasteiger partial charge in [-0.25, -0.2) is 0 Å². The number of amides is 1. The van der Waals surface area contributed by atoms with Crippen LogP contribution in [-0.2, 0) is 9.59 Å². The second-order valence-electron chi connectivity index (χ2n) is 7.53. The van der Waals surface area contributed by atoms with Gasteiger partial charge in [-0.15, -0.1) is 0 Å². The van der Waals surface area contributed by atoms with Gasteiger partial charge in [0.15, 0.2) is 0 Å². The predicted molar refractivity (Wildman–Crippen MR) is 115 cm³/mol. The van der Waals surface area contributed by atoms with Crippen LogP contribution in [0.25, 0.3) is 5.76 Å². The smallest absolute Gasteiger partial charge is 0.295 e. The van der Waals surface area contributed by atoms with E-state index >= 15 is 0 Å². The molecule has 2 N–H and O–H groups in total. The van der Waals surface area contributed by atoms with Crippen molar-refractivity contribution in [3.8, 4) is 11.5 Å². The number of carbonyl (C=O) groups excluding carboxylic acids is 2. The fourth-order valence-corrected chi connectivity index (χ4v) is 3.56. The maximum atomic E-state index is 12.9. The molecule has 0 saturated carbocycles. The van der Waals surface area contributed by atoms with Gasteiger partial charge in [-0.05, 0) is 31.8 Å². The number of hydrogen-bond acceptors (Lipinski definition) is 8. The fraction of sp³-hybridized carbons (Fsp3) is 0.273. The van der Waals surface area contributed by atoms with Crippen LogP contribution in [0.1, 0.15) is 17.2 Å². The molecule has 1 amide bonds. The molecule has 0 aromatic heterocycles. The van der Waals surface area contributed by atoms with E-state index in [0.717, 1.165) is 0 Å². The molecule has 3 rings (SSSR count). The molecule has 1 atom stereocenters. The van der Waals surface area contributed by atoms with Crippen LogP contribution < -0.4 is 4.74 Å². The highest BCUT2D eigenvalue weighted by molar-refractivity contribution is 6.46. The Morgan fingerprint density at radius 3 is 2.53 bits per heavy atom. The van der Waals surface area contributed by atoms with Crippen LogP contribution in [0.2, 0.25) is 0 Å². The van der Waals surface area contributed by atoms with E-state index in [1.54, 1.807) is 20.2 Å². The lowest BCUT2D eigenvalue weighted by Crippen LogP contribution is -2.35. The second kappa shape index (κ2) is 9.06. The third-order valence-corrected chi connectivity index (χ3v) is 5.18. The highest BCUT2D eigenvalue weighted by Crippen LogP contribution is 2.41. The number of benzene rings is 2. The number of aromatic hydroxyl groups is 1. The number of nitro benzene ring substituents is 1. The quantitative estimate of drug-likeness (QED) is 0.220. The van der Waals surface area contributed by atoms with Crippen LogP contribution in [0.5, 0.6) is 11.5 Å². The minimum atomic E-state index is -1.06. The number of rotatable bonds is 7. The van der Waals surface area contributed by atoms with Gasteiger partial charge in [0.25, 0.3) is 17.4 Å². The lowest BCUT2D eigenvalue weighted by Gasteiger charge is -2.26. The third kappa shape index (κ3) is 4.26. The number of nitrogens with zero attached hydrogens (tertiary/aromatic N) is 3. The van der Waals surface area contributed by atoms with Crippen molar-refractivity contribution in [2.75, 3.05) is 34.3 Å². The summed E-state index contributed by atoms with van der Waals surface area (Å²) in [6, 6.07) is 8.61. The van der Waals surface area contributed by atoms with Gasteiger partial charge >= 0.3 is 0 Å². The second-order valence-corrected chi connectivity index (χ2v) is 7.53. The van der Waals surface area contributed by atoms with Crippen molar-refractivity contribution in [3.05, 3.63) is 69.3 Å². The first-order valence-corrected chi connectivity index (χ1v) is 9.70. The van der Waals surface area contributed by atoms with Crippen molar-refractivity contribution in [1.29, 1.82) is 0 Å². The number of ether oxygens (including phenoxy) is 1. The van der Waals surface area contributed by atoms with Crippen molar-refractivity contribution >= 4 is 23.1 Å². The molecule has 0 unspecified atom stereocenters. The zero-order chi connectivity index (χ0) is 23.6. The molecular formula is C22H23N3O7. The third-order valence-electron chi connectivity index (χ3n) is 5.18. The maximum Gasteiger partial charge on any atom is 0.295 e. The number of methoxy groups -OCH3 is 1. The SMILES string of the molecule is COc1ccc(C(O)=C2C(=O)C(=O)N(CCN(C)C)[C@H]2c2cccc([N+](=O)[O-])c2)c(O)c1. The first-order chi connectivity index (χ1) is 15.1. The Kier molecular flexibility index (Phi) is 6.45. The summed E-state index contributed by atoms with van der Waals surface area (Å²) in [7, 11) is 5.01. The molecule has 0 radical (unpaired) electrons. The molecule has 32 heavy (non-hydrogen) atoms. The van der Waals surface area contributed by atoms with Crippen molar-refractivity contribution in [2.24, 2.45) is 0 Å². The van der Waals surface area contributed by atoms with E-state index < -0.39 is 28.4 Å². The highest BCUT2D eigenvalue weighted by Gasteiger charge is 2.46. The standard InChI is InChI=1S/C22H23N3O7/c1-23(2)9-10-24-19(13-5-4-6-14(11-13)25(30)31)18(21(28)22(24)29)20(27)16-8-7-15(32-3)12-17(16)26/h4-8,11-12,19,26-27H,9-10H2,1-3H3/t19-/m0/s1. The number of phenolic OH excluding ortho intramolecular Hbond substituents is 1. The number of carbonyl (C=O) groups is 2. The minimum Gasteiger partial charge on any atom is -0.507 e. The topological polar surface area (TPSA) is 133 Å². The average molecular weight is 441 g/mol. The fourth-order valence-electron chi connectivity index (χ4n) is 3.56. The molecule has 0 aliphatic carbocycles. The molecule has 1 aliphatic heterocycles. The molecule has 0 bridgehead atoms. The number of Topliss-reactive ketones (excluding diaryl/α,β-unsaturated/α-hetero) is 1. The number of likely N-dealkylation sites (N-methyl/N-ethyl adjacent to an activating group) is 1. The molecule has 10 nitrogen and oxygen atoms in total. The van der Waals surface area contributed by atoms with Crippen LogP contribution >= 0.6 is 0 Å². The van der Waals surface area contributed by atoms with Gasteiger partial charge in [-0.3, -0.25) is 19.7 Å². The average Bonchev–Trinajstić information content (AvgIpc) is 3.01. The first-order valence-electron chi connectivity index (χ1n) is 9.70. The Hall–Kier alpha value is -3.92. The van der Waals surface area contributed by atoms with E-state index in [1.165, 1.54) is 48.4 Å². The van der Waals surface area contributed by atoms with Crippen LogP contribution in [0.3, 0.4) is 0 Å². The normalized spacial score (nSPS) is 17.8. The molecule has 1 heterocycles. The predicted octanol–water partition coefficient (Wildman–Crippen LogP) is 2.29. The summed E-state index contributed by atoms with van der Waals surface area (Å²) in [5, 5.41) is 32.6. The largest absolute Gasteiger partial charge is 0.507 e. The zero-order valence-electron chi connectivity index (χ0n) is 17.8. The van der Waals surface area contributed by atoms with E-state index in [2.05, 4.69) is 0 Å². The monoisotopic (exact) mass is 441 g/mol. The van der Waals surface area contributed by atoms with Gasteiger partial charge in [0.1, 0.15) is 17.3 Å². The Morgan fingerprint density at radius 2 is 1.94 bits per heavy atom. The van der Waals surface area contributed by atoms with Gasteiger partial charge in [-0.1, -0.05) is 12.1 Å². The van der Waals surface area contributed by atoms with Crippen LogP contribution in [0.15, 0.2) is 48.0 Å². The molecule has 2 aromatic rings. The summed E-state index contributed by atoms with van der Waals surface area (Å²) in [6.07, 6.45) is 0. The van der Waals surface area contributed by atoms with Crippen LogP contribution in [0.4, 0.5) is 5.69 Å². The lowest BCUT2D eigenvalue weighted by molar-refractivity contribution is -0.384. The first kappa shape index (κ1) is 22.8. The molecular weight excluding hydrogens is 418 g/mol. The van der Waals surface area contributed by atoms with Gasteiger partial charge in [0, 0.05) is 31.3 Å². The maximum absolute atomic E-state index is 12.9. The minimum absolute atomic E-state index is 0.0631. The Labute approximate surface area is 184 Å². The summed E-state index contributed by atoms with van der Waals surface area (Å²) in [6.45, 7) is 0.572. The molecule has 10 heteroatoms. The Morgan fingerprint density at radius 1 is 1.22 bits per heavy atom. The van der Waals surface area contributed by atoms with Gasteiger partial charge in [-0.2, -0.15) is 0 Å². The highest BCUT2D eigenvalue weighted by atomic mass is 16.6. The number of phenols is 1. The molecule has 0 spiro atoms. The van der Waals surface area contributed by atoms with Crippen molar-refractivity contribution < 1.29 is 29.5 Å². The summed E-state index contributed by atoms with van der Waals surface area (Å²) in [5.41, 5.74) is -0.235. The number of aliphatic hydroxyl groups excluding tert-OH is 1. The summed E-state index contributed by atoms with van der Waals surface area (Å²) in [5.74, 6) is -2.36. The molecule has 2 aromatic carbocycles. The number of non-ortho nitro benzene ring substituents is 1. The van der Waals surface area contributed by atoms with E-state index in [-0.39, 0.29) is 29.1 Å². The van der Waals surface area contributed by atoms with E-state index in [4.69, 9.17) is 4.74 Å². The van der Waals surface area contributed by atoms with E-state index in [1.807, 2.05) is 4.90 Å². The van der Waals surface area contributed by atoms with Crippen molar-refractivity contribution in [3.63, 3.8) is 0 Å². The summed E-state index contributed by atoms with van der Waals surface area (Å²) in [4.78, 5) is 39.6. The molecule has 1 aliphatic rings. The summed E-state index contributed by atoms with van der Waals surface area (Å²) >= 11 is 0. The van der Waals surface area contributed by atoms with Gasteiger partial charge in [0.05, 0.1) is 29.2 Å². The van der Waals surface area contributed by atoms with Crippen molar-refractivity contribution in [2.45, 2.75) is 6.04 Å². The van der Waals surface area contributed by atoms with E-state index in [0.29, 0.717) is 17.9 Å². The summed E-state index contributed by atoms with van der Waals surface area (Å²) < 4.78 is 5.04. The Balaban J connectivity index is 2.20. The number of nitro groups is 1. The van der Waals surface area contributed by atoms with E-state index in [9.17, 15) is 29.9 Å².